The van der Waals surface area contributed by atoms with Crippen molar-refractivity contribution >= 4 is 57.3 Å². The molecule has 0 spiro atoms. The molecular formula is C16H13ClF3N3O2S2. The van der Waals surface area contributed by atoms with Crippen molar-refractivity contribution < 1.29 is 22.8 Å². The normalized spacial score (nSPS) is 13.8. The maximum Gasteiger partial charge on any atom is 0.417 e. The van der Waals surface area contributed by atoms with Gasteiger partial charge >= 0.3 is 12.2 Å². The molecule has 1 aromatic carbocycles. The summed E-state index contributed by atoms with van der Waals surface area (Å²) >= 11 is 8.51. The highest BCUT2D eigenvalue weighted by atomic mass is 35.5. The zero-order chi connectivity index (χ0) is 19.8. The van der Waals surface area contributed by atoms with Gasteiger partial charge in [-0.25, -0.2) is 4.79 Å². The lowest BCUT2D eigenvalue weighted by molar-refractivity contribution is -0.137. The van der Waals surface area contributed by atoms with Gasteiger partial charge in [-0.1, -0.05) is 11.6 Å². The van der Waals surface area contributed by atoms with E-state index in [1.54, 1.807) is 11.8 Å². The van der Waals surface area contributed by atoms with Crippen LogP contribution in [-0.4, -0.2) is 17.7 Å². The number of anilines is 2. The third-order valence-electron chi connectivity index (χ3n) is 3.82. The van der Waals surface area contributed by atoms with Gasteiger partial charge in [-0.3, -0.25) is 10.1 Å². The van der Waals surface area contributed by atoms with Crippen molar-refractivity contribution in [1.29, 1.82) is 0 Å². The molecule has 0 radical (unpaired) electrons. The predicted molar refractivity (Wildman–Crippen MR) is 102 cm³/mol. The summed E-state index contributed by atoms with van der Waals surface area (Å²) in [6.07, 6.45) is -3.97. The number of thiophene rings is 1. The second-order valence-corrected chi connectivity index (χ2v) is 8.26. The molecule has 0 saturated carbocycles. The van der Waals surface area contributed by atoms with E-state index in [4.69, 9.17) is 17.3 Å². The van der Waals surface area contributed by atoms with Crippen molar-refractivity contribution in [2.75, 3.05) is 16.4 Å². The maximum absolute atomic E-state index is 12.9. The summed E-state index contributed by atoms with van der Waals surface area (Å²) in [5.41, 5.74) is 5.40. The number of halogens is 4. The number of primary amides is 1. The molecule has 1 aliphatic rings. The van der Waals surface area contributed by atoms with Crippen LogP contribution in [0.4, 0.5) is 28.7 Å². The monoisotopic (exact) mass is 435 g/mol. The molecule has 0 aliphatic carbocycles. The van der Waals surface area contributed by atoms with Crippen LogP contribution in [0.5, 0.6) is 0 Å². The van der Waals surface area contributed by atoms with E-state index in [0.29, 0.717) is 6.42 Å². The van der Waals surface area contributed by atoms with E-state index in [2.05, 4.69) is 10.6 Å². The summed E-state index contributed by atoms with van der Waals surface area (Å²) in [5, 5.41) is 4.66. The van der Waals surface area contributed by atoms with E-state index in [1.165, 1.54) is 17.4 Å². The average molecular weight is 436 g/mol. The molecule has 0 unspecified atom stereocenters. The van der Waals surface area contributed by atoms with Crippen LogP contribution < -0.4 is 16.4 Å². The lowest BCUT2D eigenvalue weighted by Crippen LogP contribution is -2.22. The third kappa shape index (κ3) is 4.33. The highest BCUT2D eigenvalue weighted by molar-refractivity contribution is 7.98. The first-order chi connectivity index (χ1) is 12.7. The Morgan fingerprint density at radius 1 is 1.22 bits per heavy atom. The van der Waals surface area contributed by atoms with Gasteiger partial charge in [0.25, 0.3) is 5.91 Å². The van der Waals surface area contributed by atoms with Gasteiger partial charge in [0.15, 0.2) is 0 Å². The number of carbonyl (C=O) groups is 2. The Morgan fingerprint density at radius 2 is 1.96 bits per heavy atom. The van der Waals surface area contributed by atoms with Gasteiger partial charge in [0, 0.05) is 16.3 Å². The predicted octanol–water partition coefficient (Wildman–Crippen LogP) is 4.95. The van der Waals surface area contributed by atoms with E-state index in [-0.39, 0.29) is 16.3 Å². The van der Waals surface area contributed by atoms with Crippen molar-refractivity contribution in [3.05, 3.63) is 44.8 Å². The number of amides is 3. The molecule has 1 aliphatic heterocycles. The SMILES string of the molecule is NC(=O)c1c(NC(=O)Nc2ccc(Cl)c(C(F)(F)F)c2)sc2c1CCSC2. The molecule has 0 saturated heterocycles. The minimum atomic E-state index is -4.64. The molecule has 5 nitrogen and oxygen atoms in total. The lowest BCUT2D eigenvalue weighted by atomic mass is 10.1. The minimum Gasteiger partial charge on any atom is -0.365 e. The van der Waals surface area contributed by atoms with Gasteiger partial charge in [0.05, 0.1) is 16.1 Å². The van der Waals surface area contributed by atoms with Crippen molar-refractivity contribution in [1.82, 2.24) is 0 Å². The second kappa shape index (κ2) is 7.61. The summed E-state index contributed by atoms with van der Waals surface area (Å²) < 4.78 is 38.8. The van der Waals surface area contributed by atoms with E-state index in [1.807, 2.05) is 0 Å². The molecule has 0 fully saturated rings. The first kappa shape index (κ1) is 19.8. The summed E-state index contributed by atoms with van der Waals surface area (Å²) in [7, 11) is 0. The summed E-state index contributed by atoms with van der Waals surface area (Å²) in [5.74, 6) is 0.914. The zero-order valence-electron chi connectivity index (χ0n) is 13.6. The quantitative estimate of drug-likeness (QED) is 0.637. The Bertz CT molecular complexity index is 915. The second-order valence-electron chi connectivity index (χ2n) is 5.65. The van der Waals surface area contributed by atoms with Gasteiger partial charge < -0.3 is 11.1 Å². The number of urea groups is 1. The topological polar surface area (TPSA) is 84.2 Å². The van der Waals surface area contributed by atoms with Crippen LogP contribution in [0.25, 0.3) is 0 Å². The Morgan fingerprint density at radius 3 is 2.63 bits per heavy atom. The number of nitrogens with one attached hydrogen (secondary N) is 2. The summed E-state index contributed by atoms with van der Waals surface area (Å²) in [6, 6.07) is 2.27. The minimum absolute atomic E-state index is 0.0817. The average Bonchev–Trinajstić information content (AvgIpc) is 2.93. The van der Waals surface area contributed by atoms with Crippen LogP contribution >= 0.6 is 34.7 Å². The molecule has 0 atom stereocenters. The number of thioether (sulfide) groups is 1. The number of hydrogen-bond donors (Lipinski definition) is 3. The first-order valence-electron chi connectivity index (χ1n) is 7.63. The molecule has 27 heavy (non-hydrogen) atoms. The number of hydrogen-bond acceptors (Lipinski definition) is 4. The standard InChI is InChI=1S/C16H13ClF3N3O2S2/c17-10-2-1-7(5-9(10)16(18,19)20)22-15(25)23-14-12(13(21)24)8-3-4-26-6-11(8)27-14/h1-2,5H,3-4,6H2,(H2,21,24)(H2,22,23,25). The van der Waals surface area contributed by atoms with Crippen LogP contribution in [0.1, 0.15) is 26.4 Å². The number of alkyl halides is 3. The third-order valence-corrected chi connectivity index (χ3v) is 6.47. The molecule has 3 rings (SSSR count). The number of fused-ring (bicyclic) bond motifs is 1. The molecule has 3 amide bonds. The highest BCUT2D eigenvalue weighted by Crippen LogP contribution is 2.39. The Labute approximate surface area is 165 Å². The summed E-state index contributed by atoms with van der Waals surface area (Å²) in [4.78, 5) is 25.0. The van der Waals surface area contributed by atoms with E-state index < -0.39 is 28.7 Å². The molecule has 0 bridgehead atoms. The van der Waals surface area contributed by atoms with E-state index >= 15 is 0 Å². The van der Waals surface area contributed by atoms with Crippen molar-refractivity contribution in [3.8, 4) is 0 Å². The lowest BCUT2D eigenvalue weighted by Gasteiger charge is -2.12. The molecule has 4 N–H and O–H groups in total. The molecular weight excluding hydrogens is 423 g/mol. The molecule has 11 heteroatoms. The van der Waals surface area contributed by atoms with Crippen LogP contribution in [0.15, 0.2) is 18.2 Å². The van der Waals surface area contributed by atoms with Crippen LogP contribution in [0.2, 0.25) is 5.02 Å². The fourth-order valence-corrected chi connectivity index (χ4v) is 5.27. The molecule has 2 aromatic rings. The van der Waals surface area contributed by atoms with Gasteiger partial charge in [0.2, 0.25) is 0 Å². The largest absolute Gasteiger partial charge is 0.417 e. The van der Waals surface area contributed by atoms with Gasteiger partial charge in [-0.05, 0) is 35.9 Å². The molecule has 2 heterocycles. The number of carbonyl (C=O) groups excluding carboxylic acids is 2. The van der Waals surface area contributed by atoms with E-state index in [9.17, 15) is 22.8 Å². The highest BCUT2D eigenvalue weighted by Gasteiger charge is 2.33. The molecule has 144 valence electrons. The summed E-state index contributed by atoms with van der Waals surface area (Å²) in [6.45, 7) is 0. The van der Waals surface area contributed by atoms with Crippen molar-refractivity contribution in [3.63, 3.8) is 0 Å². The van der Waals surface area contributed by atoms with Crippen LogP contribution in [-0.2, 0) is 18.3 Å². The Kier molecular flexibility index (Phi) is 5.59. The fraction of sp³-hybridized carbons (Fsp3) is 0.250. The zero-order valence-corrected chi connectivity index (χ0v) is 16.0. The first-order valence-corrected chi connectivity index (χ1v) is 9.98. The van der Waals surface area contributed by atoms with Gasteiger partial charge in [-0.15, -0.1) is 11.3 Å². The Balaban J connectivity index is 1.81. The molecule has 1 aromatic heterocycles. The smallest absolute Gasteiger partial charge is 0.365 e. The number of benzene rings is 1. The maximum atomic E-state index is 12.9. The van der Waals surface area contributed by atoms with E-state index in [0.717, 1.165) is 34.1 Å². The number of nitrogens with two attached hydrogens (primary N) is 1. The fourth-order valence-electron chi connectivity index (χ4n) is 2.67. The Hall–Kier alpha value is -1.91. The number of rotatable bonds is 3. The van der Waals surface area contributed by atoms with Gasteiger partial charge in [-0.2, -0.15) is 24.9 Å². The van der Waals surface area contributed by atoms with Gasteiger partial charge in [0.1, 0.15) is 5.00 Å². The van der Waals surface area contributed by atoms with Crippen LogP contribution in [0, 0.1) is 0 Å². The van der Waals surface area contributed by atoms with Crippen molar-refractivity contribution in [2.45, 2.75) is 18.3 Å². The van der Waals surface area contributed by atoms with Crippen molar-refractivity contribution in [2.24, 2.45) is 5.73 Å². The van der Waals surface area contributed by atoms with Crippen LogP contribution in [0.3, 0.4) is 0 Å².